The van der Waals surface area contributed by atoms with E-state index in [2.05, 4.69) is 18.8 Å². The Morgan fingerprint density at radius 2 is 2.22 bits per heavy atom. The molecule has 2 aromatic heterocycles. The smallest absolute Gasteiger partial charge is 0.341 e. The largest absolute Gasteiger partial charge is 0.462 e. The van der Waals surface area contributed by atoms with Gasteiger partial charge in [0.05, 0.1) is 23.9 Å². The Morgan fingerprint density at radius 3 is 3.04 bits per heavy atom. The third-order valence-electron chi connectivity index (χ3n) is 4.17. The van der Waals surface area contributed by atoms with Crippen molar-refractivity contribution in [3.8, 4) is 0 Å². The van der Waals surface area contributed by atoms with Crippen LogP contribution >= 0.6 is 23.1 Å². The highest BCUT2D eigenvalue weighted by atomic mass is 32.2. The van der Waals surface area contributed by atoms with E-state index in [9.17, 15) is 13.2 Å². The van der Waals surface area contributed by atoms with Crippen molar-refractivity contribution >= 4 is 55.1 Å². The molecule has 0 atom stereocenters. The molecule has 0 bridgehead atoms. The molecule has 1 aliphatic heterocycles. The number of thiophene rings is 1. The first kappa shape index (κ1) is 18.3. The molecule has 0 radical (unpaired) electrons. The van der Waals surface area contributed by atoms with E-state index in [1.807, 2.05) is 0 Å². The summed E-state index contributed by atoms with van der Waals surface area (Å²) in [5, 5.41) is 3.51. The minimum atomic E-state index is -3.94. The first-order chi connectivity index (χ1) is 13.0. The van der Waals surface area contributed by atoms with Gasteiger partial charge in [0.1, 0.15) is 20.9 Å². The summed E-state index contributed by atoms with van der Waals surface area (Å²) in [5.74, 6) is -0.511. The third-order valence-corrected chi connectivity index (χ3v) is 7.37. The summed E-state index contributed by atoms with van der Waals surface area (Å²) in [7, 11) is -3.94. The molecule has 3 aromatic rings. The van der Waals surface area contributed by atoms with Crippen LogP contribution in [0.5, 0.6) is 0 Å². The van der Waals surface area contributed by atoms with Crippen molar-refractivity contribution in [1.29, 1.82) is 0 Å². The number of esters is 1. The summed E-state index contributed by atoms with van der Waals surface area (Å²) >= 11 is 2.21. The van der Waals surface area contributed by atoms with Gasteiger partial charge in [0.2, 0.25) is 0 Å². The van der Waals surface area contributed by atoms with Crippen LogP contribution in [0.15, 0.2) is 23.1 Å². The highest BCUT2D eigenvalue weighted by Crippen LogP contribution is 2.37. The lowest BCUT2D eigenvalue weighted by Crippen LogP contribution is -2.23. The van der Waals surface area contributed by atoms with Crippen LogP contribution in [0.1, 0.15) is 27.7 Å². The first-order valence-corrected chi connectivity index (χ1v) is 11.3. The van der Waals surface area contributed by atoms with Gasteiger partial charge in [-0.3, -0.25) is 4.72 Å². The van der Waals surface area contributed by atoms with Gasteiger partial charge in [-0.25, -0.2) is 13.2 Å². The first-order valence-electron chi connectivity index (χ1n) is 8.27. The molecule has 0 spiro atoms. The fourth-order valence-electron chi connectivity index (χ4n) is 3.00. The fourth-order valence-corrected chi connectivity index (χ4v) is 6.28. The van der Waals surface area contributed by atoms with Crippen LogP contribution in [-0.4, -0.2) is 36.3 Å². The van der Waals surface area contributed by atoms with Gasteiger partial charge in [0.15, 0.2) is 0 Å². The van der Waals surface area contributed by atoms with Crippen LogP contribution in [-0.2, 0) is 27.7 Å². The van der Waals surface area contributed by atoms with Crippen LogP contribution in [0.3, 0.4) is 0 Å². The Labute approximate surface area is 163 Å². The number of ether oxygens (including phenoxy) is 1. The molecule has 2 N–H and O–H groups in total. The Hall–Kier alpha value is -2.08. The highest BCUT2D eigenvalue weighted by molar-refractivity contribution is 7.93. The summed E-state index contributed by atoms with van der Waals surface area (Å²) < 4.78 is 42.0. The number of fused-ring (bicyclic) bond motifs is 2. The zero-order chi connectivity index (χ0) is 19.0. The lowest BCUT2D eigenvalue weighted by Gasteiger charge is -2.14. The minimum absolute atomic E-state index is 0.0352. The molecule has 0 amide bonds. The van der Waals surface area contributed by atoms with E-state index in [0.717, 1.165) is 28.7 Å². The number of carbonyl (C=O) groups excluding carboxylic acids is 1. The van der Waals surface area contributed by atoms with Gasteiger partial charge in [-0.1, -0.05) is 6.07 Å². The van der Waals surface area contributed by atoms with E-state index < -0.39 is 16.0 Å². The maximum atomic E-state index is 13.0. The zero-order valence-electron chi connectivity index (χ0n) is 14.3. The van der Waals surface area contributed by atoms with Crippen LogP contribution in [0.2, 0.25) is 0 Å². The number of hydrogen-bond donors (Lipinski definition) is 2. The SMILES string of the molecule is CCOC(=O)c1c(NS(=O)(=O)c2cccc3nsnc23)sc2c1CCNC2. The Balaban J connectivity index is 1.79. The molecule has 1 aromatic carbocycles. The van der Waals surface area contributed by atoms with Gasteiger partial charge in [-0.05, 0) is 37.6 Å². The predicted octanol–water partition coefficient (Wildman–Crippen LogP) is 2.38. The molecule has 0 saturated heterocycles. The number of nitrogens with zero attached hydrogens (tertiary/aromatic N) is 2. The molecule has 4 rings (SSSR count). The molecule has 0 aliphatic carbocycles. The molecule has 0 unspecified atom stereocenters. The second kappa shape index (κ2) is 7.15. The molecule has 1 aliphatic rings. The van der Waals surface area contributed by atoms with Gasteiger partial charge in [0, 0.05) is 11.4 Å². The number of hydrogen-bond acceptors (Lipinski definition) is 9. The monoisotopic (exact) mass is 424 g/mol. The van der Waals surface area contributed by atoms with Crippen molar-refractivity contribution in [2.45, 2.75) is 24.8 Å². The van der Waals surface area contributed by atoms with Crippen LogP contribution in [0.25, 0.3) is 11.0 Å². The molecule has 142 valence electrons. The number of carbonyl (C=O) groups is 1. The third kappa shape index (κ3) is 3.31. The predicted molar refractivity (Wildman–Crippen MR) is 104 cm³/mol. The molecule has 11 heteroatoms. The molecule has 8 nitrogen and oxygen atoms in total. The molecule has 0 fully saturated rings. The Kier molecular flexibility index (Phi) is 4.84. The van der Waals surface area contributed by atoms with Crippen molar-refractivity contribution in [3.63, 3.8) is 0 Å². The maximum Gasteiger partial charge on any atom is 0.341 e. The Bertz CT molecular complexity index is 1120. The summed E-state index contributed by atoms with van der Waals surface area (Å²) in [6.45, 7) is 3.27. The van der Waals surface area contributed by atoms with E-state index in [1.165, 1.54) is 17.4 Å². The number of benzene rings is 1. The van der Waals surface area contributed by atoms with E-state index in [4.69, 9.17) is 4.74 Å². The van der Waals surface area contributed by atoms with Crippen molar-refractivity contribution in [2.24, 2.45) is 0 Å². The average molecular weight is 425 g/mol. The van der Waals surface area contributed by atoms with Gasteiger partial charge in [0.25, 0.3) is 10.0 Å². The van der Waals surface area contributed by atoms with E-state index in [1.54, 1.807) is 19.1 Å². The quantitative estimate of drug-likeness (QED) is 0.605. The van der Waals surface area contributed by atoms with E-state index >= 15 is 0 Å². The van der Waals surface area contributed by atoms with Gasteiger partial charge < -0.3 is 10.1 Å². The average Bonchev–Trinajstić information content (AvgIpc) is 3.24. The minimum Gasteiger partial charge on any atom is -0.462 e. The topological polar surface area (TPSA) is 110 Å². The number of aromatic nitrogens is 2. The lowest BCUT2D eigenvalue weighted by molar-refractivity contribution is 0.0526. The fraction of sp³-hybridized carbons (Fsp3) is 0.312. The van der Waals surface area contributed by atoms with Gasteiger partial charge >= 0.3 is 5.97 Å². The van der Waals surface area contributed by atoms with Gasteiger partial charge in [-0.2, -0.15) is 8.75 Å². The summed E-state index contributed by atoms with van der Waals surface area (Å²) in [6.07, 6.45) is 0.646. The molecule has 27 heavy (non-hydrogen) atoms. The van der Waals surface area contributed by atoms with Crippen molar-refractivity contribution in [1.82, 2.24) is 14.1 Å². The zero-order valence-corrected chi connectivity index (χ0v) is 16.8. The van der Waals surface area contributed by atoms with Gasteiger partial charge in [-0.15, -0.1) is 11.3 Å². The standard InChI is InChI=1S/C16H16N4O4S3/c1-2-24-16(21)13-9-6-7-17-8-11(9)25-15(13)20-27(22,23)12-5-3-4-10-14(12)19-26-18-10/h3-5,17,20H,2,6-8H2,1H3. The van der Waals surface area contributed by atoms with Crippen molar-refractivity contribution in [3.05, 3.63) is 34.2 Å². The normalized spacial score (nSPS) is 14.1. The molecular formula is C16H16N4O4S3. The highest BCUT2D eigenvalue weighted by Gasteiger charge is 2.29. The molecular weight excluding hydrogens is 408 g/mol. The number of rotatable bonds is 5. The van der Waals surface area contributed by atoms with Crippen LogP contribution < -0.4 is 10.0 Å². The summed E-state index contributed by atoms with van der Waals surface area (Å²) in [4.78, 5) is 13.5. The van der Waals surface area contributed by atoms with E-state index in [0.29, 0.717) is 29.6 Å². The van der Waals surface area contributed by atoms with Crippen molar-refractivity contribution in [2.75, 3.05) is 17.9 Å². The van der Waals surface area contributed by atoms with Crippen molar-refractivity contribution < 1.29 is 17.9 Å². The number of nitrogens with one attached hydrogen (secondary N) is 2. The molecule has 0 saturated carbocycles. The van der Waals surface area contributed by atoms with Crippen LogP contribution in [0, 0.1) is 0 Å². The number of anilines is 1. The summed E-state index contributed by atoms with van der Waals surface area (Å²) in [6, 6.07) is 4.80. The summed E-state index contributed by atoms with van der Waals surface area (Å²) in [5.41, 5.74) is 1.99. The maximum absolute atomic E-state index is 13.0. The van der Waals surface area contributed by atoms with E-state index in [-0.39, 0.29) is 16.5 Å². The Morgan fingerprint density at radius 1 is 1.37 bits per heavy atom. The molecule has 3 heterocycles. The second-order valence-corrected chi connectivity index (χ2v) is 9.13. The van der Waals surface area contributed by atoms with Crippen LogP contribution in [0.4, 0.5) is 5.00 Å². The second-order valence-electron chi connectivity index (χ2n) is 5.85. The number of sulfonamides is 1. The lowest BCUT2D eigenvalue weighted by atomic mass is 10.0.